The van der Waals surface area contributed by atoms with Gasteiger partial charge in [-0.3, -0.25) is 14.9 Å². The van der Waals surface area contributed by atoms with Gasteiger partial charge in [-0.25, -0.2) is 0 Å². The number of hydrogen-bond acceptors (Lipinski definition) is 3. The fourth-order valence-electron chi connectivity index (χ4n) is 2.46. The van der Waals surface area contributed by atoms with Crippen molar-refractivity contribution in [3.63, 3.8) is 0 Å². The van der Waals surface area contributed by atoms with Crippen LogP contribution in [0.25, 0.3) is 5.57 Å². The zero-order valence-electron chi connectivity index (χ0n) is 11.8. The smallest absolute Gasteiger partial charge is 0.275 e. The summed E-state index contributed by atoms with van der Waals surface area (Å²) in [6.45, 7) is 0. The predicted octanol–water partition coefficient (Wildman–Crippen LogP) is 2.84. The lowest BCUT2D eigenvalue weighted by Crippen LogP contribution is -2.28. The summed E-state index contributed by atoms with van der Waals surface area (Å²) in [4.78, 5) is 26.1. The maximum absolute atomic E-state index is 12.2. The van der Waals surface area contributed by atoms with Crippen LogP contribution in [0.5, 0.6) is 0 Å². The molecule has 1 aliphatic rings. The molecule has 0 spiro atoms. The first-order valence-corrected chi connectivity index (χ1v) is 7.10. The van der Waals surface area contributed by atoms with Gasteiger partial charge in [0, 0.05) is 17.8 Å². The van der Waals surface area contributed by atoms with Gasteiger partial charge in [-0.15, -0.1) is 0 Å². The van der Waals surface area contributed by atoms with Crippen LogP contribution in [0.2, 0.25) is 5.02 Å². The Balaban J connectivity index is 2.15. The second kappa shape index (κ2) is 5.66. The van der Waals surface area contributed by atoms with Crippen molar-refractivity contribution in [1.82, 2.24) is 5.32 Å². The molecule has 0 fully saturated rings. The molecule has 0 aromatic heterocycles. The molecule has 2 amide bonds. The summed E-state index contributed by atoms with van der Waals surface area (Å²) in [5.74, 6) is -0.823. The van der Waals surface area contributed by atoms with E-state index in [2.05, 4.69) is 5.32 Å². The number of amides is 2. The third-order valence-electron chi connectivity index (χ3n) is 3.50. The molecule has 3 rings (SSSR count). The largest absolute Gasteiger partial charge is 0.339 e. The van der Waals surface area contributed by atoms with Gasteiger partial charge in [0.15, 0.2) is 0 Å². The number of rotatable bonds is 3. The van der Waals surface area contributed by atoms with E-state index in [0.29, 0.717) is 21.9 Å². The molecule has 0 aliphatic carbocycles. The van der Waals surface area contributed by atoms with Crippen LogP contribution in [-0.4, -0.2) is 18.9 Å². The third kappa shape index (κ3) is 2.49. The highest BCUT2D eigenvalue weighted by Gasteiger charge is 2.34. The fourth-order valence-corrected chi connectivity index (χ4v) is 2.65. The summed E-state index contributed by atoms with van der Waals surface area (Å²) in [5, 5.41) is 2.86. The van der Waals surface area contributed by atoms with E-state index in [1.54, 1.807) is 36.2 Å². The summed E-state index contributed by atoms with van der Waals surface area (Å²) < 4.78 is 0. The molecule has 0 saturated heterocycles. The molecule has 22 heavy (non-hydrogen) atoms. The van der Waals surface area contributed by atoms with Crippen LogP contribution >= 0.6 is 11.6 Å². The van der Waals surface area contributed by atoms with Crippen LogP contribution in [-0.2, 0) is 9.59 Å². The quantitative estimate of drug-likeness (QED) is 0.887. The van der Waals surface area contributed by atoms with Gasteiger partial charge in [0.25, 0.3) is 11.8 Å². The average Bonchev–Trinajstić information content (AvgIpc) is 2.81. The van der Waals surface area contributed by atoms with E-state index >= 15 is 0 Å². The lowest BCUT2D eigenvalue weighted by atomic mass is 10.0. The van der Waals surface area contributed by atoms with Gasteiger partial charge in [0.1, 0.15) is 5.70 Å². The molecule has 0 unspecified atom stereocenters. The number of imide groups is 1. The first-order valence-electron chi connectivity index (χ1n) is 6.72. The molecule has 0 radical (unpaired) electrons. The van der Waals surface area contributed by atoms with Crippen molar-refractivity contribution in [2.75, 3.05) is 11.9 Å². The van der Waals surface area contributed by atoms with Crippen LogP contribution in [0, 0.1) is 0 Å². The monoisotopic (exact) mass is 312 g/mol. The minimum absolute atomic E-state index is 0.318. The Morgan fingerprint density at radius 3 is 2.36 bits per heavy atom. The average molecular weight is 313 g/mol. The molecule has 1 aliphatic heterocycles. The van der Waals surface area contributed by atoms with Crippen molar-refractivity contribution < 1.29 is 9.59 Å². The van der Waals surface area contributed by atoms with Crippen molar-refractivity contribution >= 4 is 34.7 Å². The Labute approximate surface area is 133 Å². The molecular formula is C17H13ClN2O2. The highest BCUT2D eigenvalue weighted by Crippen LogP contribution is 2.30. The molecule has 0 atom stereocenters. The topological polar surface area (TPSA) is 49.4 Å². The van der Waals surface area contributed by atoms with Crippen LogP contribution in [0.3, 0.4) is 0 Å². The Morgan fingerprint density at radius 2 is 1.68 bits per heavy atom. The maximum atomic E-state index is 12.2. The van der Waals surface area contributed by atoms with Gasteiger partial charge in [0.05, 0.1) is 5.57 Å². The lowest BCUT2D eigenvalue weighted by Gasteiger charge is -2.20. The van der Waals surface area contributed by atoms with E-state index in [1.807, 2.05) is 30.3 Å². The lowest BCUT2D eigenvalue weighted by molar-refractivity contribution is -0.123. The second-order valence-electron chi connectivity index (χ2n) is 4.91. The van der Waals surface area contributed by atoms with E-state index in [9.17, 15) is 9.59 Å². The third-order valence-corrected chi connectivity index (χ3v) is 3.73. The van der Waals surface area contributed by atoms with Gasteiger partial charge in [-0.05, 0) is 29.8 Å². The van der Waals surface area contributed by atoms with Crippen LogP contribution in [0.1, 0.15) is 5.56 Å². The van der Waals surface area contributed by atoms with Crippen molar-refractivity contribution in [1.29, 1.82) is 0 Å². The van der Waals surface area contributed by atoms with E-state index in [4.69, 9.17) is 11.6 Å². The van der Waals surface area contributed by atoms with E-state index in [0.717, 1.165) is 5.69 Å². The number of carbonyl (C=O) groups is 2. The van der Waals surface area contributed by atoms with E-state index < -0.39 is 11.8 Å². The predicted molar refractivity (Wildman–Crippen MR) is 86.4 cm³/mol. The SMILES string of the molecule is CN(C1=C(c2cccc(Cl)c2)C(=O)NC1=O)c1ccccc1. The van der Waals surface area contributed by atoms with Gasteiger partial charge < -0.3 is 4.90 Å². The number of benzene rings is 2. The zero-order chi connectivity index (χ0) is 15.7. The minimum atomic E-state index is -0.412. The van der Waals surface area contributed by atoms with Crippen LogP contribution in [0.15, 0.2) is 60.3 Å². The minimum Gasteiger partial charge on any atom is -0.339 e. The molecule has 0 bridgehead atoms. The normalized spacial score (nSPS) is 14.3. The first kappa shape index (κ1) is 14.4. The summed E-state index contributed by atoms with van der Waals surface area (Å²) in [6, 6.07) is 16.3. The zero-order valence-corrected chi connectivity index (χ0v) is 12.6. The van der Waals surface area contributed by atoms with Crippen LogP contribution < -0.4 is 10.2 Å². The number of anilines is 1. The molecule has 2 aromatic carbocycles. The first-order chi connectivity index (χ1) is 10.6. The Kier molecular flexibility index (Phi) is 3.69. The van der Waals surface area contributed by atoms with Crippen molar-refractivity contribution in [2.24, 2.45) is 0 Å². The number of para-hydroxylation sites is 1. The Morgan fingerprint density at radius 1 is 0.955 bits per heavy atom. The molecule has 2 aromatic rings. The van der Waals surface area contributed by atoms with Crippen molar-refractivity contribution in [3.05, 3.63) is 70.9 Å². The molecule has 1 N–H and O–H groups in total. The Bertz CT molecular complexity index is 784. The van der Waals surface area contributed by atoms with Gasteiger partial charge in [-0.1, -0.05) is 41.9 Å². The second-order valence-corrected chi connectivity index (χ2v) is 5.35. The van der Waals surface area contributed by atoms with Gasteiger partial charge in [-0.2, -0.15) is 0 Å². The molecular weight excluding hydrogens is 300 g/mol. The van der Waals surface area contributed by atoms with Crippen molar-refractivity contribution in [2.45, 2.75) is 0 Å². The number of nitrogens with zero attached hydrogens (tertiary/aromatic N) is 1. The summed E-state index contributed by atoms with van der Waals surface area (Å²) in [5.41, 5.74) is 2.09. The van der Waals surface area contributed by atoms with E-state index in [-0.39, 0.29) is 0 Å². The standard InChI is InChI=1S/C17H13ClN2O2/c1-20(13-8-3-2-4-9-13)15-14(16(21)19-17(15)22)11-6-5-7-12(18)10-11/h2-10H,1H3,(H,19,21,22). The van der Waals surface area contributed by atoms with Crippen LogP contribution in [0.4, 0.5) is 5.69 Å². The summed E-state index contributed by atoms with van der Waals surface area (Å²) >= 11 is 6.00. The molecule has 4 nitrogen and oxygen atoms in total. The number of nitrogens with one attached hydrogen (secondary N) is 1. The van der Waals surface area contributed by atoms with Crippen molar-refractivity contribution in [3.8, 4) is 0 Å². The maximum Gasteiger partial charge on any atom is 0.275 e. The number of carbonyl (C=O) groups excluding carboxylic acids is 2. The molecule has 110 valence electrons. The van der Waals surface area contributed by atoms with Gasteiger partial charge in [0.2, 0.25) is 0 Å². The summed E-state index contributed by atoms with van der Waals surface area (Å²) in [7, 11) is 1.76. The molecule has 5 heteroatoms. The van der Waals surface area contributed by atoms with Gasteiger partial charge >= 0.3 is 0 Å². The molecule has 1 heterocycles. The number of hydrogen-bond donors (Lipinski definition) is 1. The number of likely N-dealkylation sites (N-methyl/N-ethyl adjacent to an activating group) is 1. The highest BCUT2D eigenvalue weighted by atomic mass is 35.5. The Hall–Kier alpha value is -2.59. The fraction of sp³-hybridized carbons (Fsp3) is 0.0588. The highest BCUT2D eigenvalue weighted by molar-refractivity contribution is 6.37. The molecule has 0 saturated carbocycles. The summed E-state index contributed by atoms with van der Waals surface area (Å²) in [6.07, 6.45) is 0. The van der Waals surface area contributed by atoms with E-state index in [1.165, 1.54) is 0 Å². The number of halogens is 1.